The number of benzene rings is 3. The predicted molar refractivity (Wildman–Crippen MR) is 124 cm³/mol. The highest BCUT2D eigenvalue weighted by molar-refractivity contribution is 6.18. The maximum absolute atomic E-state index is 13.1. The Hall–Kier alpha value is -4.19. The first-order chi connectivity index (χ1) is 15.7. The van der Waals surface area contributed by atoms with Crippen LogP contribution in [0.4, 0.5) is 0 Å². The minimum atomic E-state index is -0.327. The van der Waals surface area contributed by atoms with Crippen molar-refractivity contribution < 1.29 is 9.59 Å². The Kier molecular flexibility index (Phi) is 4.18. The molecule has 2 atom stereocenters. The summed E-state index contributed by atoms with van der Waals surface area (Å²) in [5, 5.41) is 7.97. The monoisotopic (exact) mass is 420 g/mol. The number of carbonyl (C=O) groups excluding carboxylic acids is 2. The molecule has 32 heavy (non-hydrogen) atoms. The fourth-order valence-electron chi connectivity index (χ4n) is 4.52. The van der Waals surface area contributed by atoms with Crippen molar-refractivity contribution in [1.82, 2.24) is 15.7 Å². The van der Waals surface area contributed by atoms with Crippen LogP contribution in [0.5, 0.6) is 0 Å². The SMILES string of the molecule is O=C(NC1CC1c1ccccc1)c1cc2c3c(c(-c4ccccc4)[nH]c3c1)C=NNC2=O. The predicted octanol–water partition coefficient (Wildman–Crippen LogP) is 4.20. The van der Waals surface area contributed by atoms with Crippen LogP contribution in [0.15, 0.2) is 77.9 Å². The van der Waals surface area contributed by atoms with Crippen molar-refractivity contribution in [2.24, 2.45) is 5.10 Å². The van der Waals surface area contributed by atoms with Crippen molar-refractivity contribution in [3.63, 3.8) is 0 Å². The molecule has 1 fully saturated rings. The maximum Gasteiger partial charge on any atom is 0.272 e. The van der Waals surface area contributed by atoms with Gasteiger partial charge in [0.25, 0.3) is 11.8 Å². The Balaban J connectivity index is 1.37. The largest absolute Gasteiger partial charge is 0.354 e. The lowest BCUT2D eigenvalue weighted by Gasteiger charge is -2.08. The minimum absolute atomic E-state index is 0.107. The van der Waals surface area contributed by atoms with E-state index in [-0.39, 0.29) is 17.9 Å². The summed E-state index contributed by atoms with van der Waals surface area (Å²) in [6.45, 7) is 0. The van der Waals surface area contributed by atoms with E-state index in [1.54, 1.807) is 12.3 Å². The first-order valence-electron chi connectivity index (χ1n) is 10.6. The van der Waals surface area contributed by atoms with Gasteiger partial charge in [-0.2, -0.15) is 5.10 Å². The molecule has 1 aliphatic heterocycles. The van der Waals surface area contributed by atoms with Crippen LogP contribution < -0.4 is 10.7 Å². The van der Waals surface area contributed by atoms with E-state index in [1.807, 2.05) is 54.6 Å². The second kappa shape index (κ2) is 7.20. The third-order valence-electron chi connectivity index (χ3n) is 6.20. The van der Waals surface area contributed by atoms with Crippen molar-refractivity contribution in [3.05, 3.63) is 95.1 Å². The van der Waals surface area contributed by atoms with Crippen LogP contribution in [-0.2, 0) is 0 Å². The average Bonchev–Trinajstić information content (AvgIpc) is 3.53. The number of hydrogen-bond acceptors (Lipinski definition) is 3. The van der Waals surface area contributed by atoms with Crippen LogP contribution in [-0.4, -0.2) is 29.1 Å². The third-order valence-corrected chi connectivity index (χ3v) is 6.20. The molecule has 2 heterocycles. The first-order valence-corrected chi connectivity index (χ1v) is 10.6. The van der Waals surface area contributed by atoms with Gasteiger partial charge in [0.15, 0.2) is 0 Å². The highest BCUT2D eigenvalue weighted by atomic mass is 16.2. The number of rotatable bonds is 4. The van der Waals surface area contributed by atoms with E-state index in [9.17, 15) is 9.59 Å². The Morgan fingerprint density at radius 2 is 1.75 bits per heavy atom. The molecule has 1 aliphatic carbocycles. The summed E-state index contributed by atoms with van der Waals surface area (Å²) in [6, 6.07) is 23.7. The second-order valence-corrected chi connectivity index (χ2v) is 8.26. The highest BCUT2D eigenvalue weighted by Gasteiger charge is 2.39. The van der Waals surface area contributed by atoms with Crippen LogP contribution in [0.1, 0.15) is 44.2 Å². The smallest absolute Gasteiger partial charge is 0.272 e. The fraction of sp³-hybridized carbons (Fsp3) is 0.115. The Morgan fingerprint density at radius 1 is 1.00 bits per heavy atom. The molecule has 1 saturated carbocycles. The van der Waals surface area contributed by atoms with Crippen molar-refractivity contribution >= 4 is 28.9 Å². The zero-order valence-corrected chi connectivity index (χ0v) is 17.1. The van der Waals surface area contributed by atoms with Gasteiger partial charge in [-0.15, -0.1) is 0 Å². The van der Waals surface area contributed by atoms with Crippen molar-refractivity contribution in [2.75, 3.05) is 0 Å². The normalized spacial score (nSPS) is 18.8. The van der Waals surface area contributed by atoms with Crippen LogP contribution in [0.3, 0.4) is 0 Å². The van der Waals surface area contributed by atoms with Crippen LogP contribution in [0.2, 0.25) is 0 Å². The van der Waals surface area contributed by atoms with Crippen LogP contribution in [0, 0.1) is 0 Å². The van der Waals surface area contributed by atoms with Gasteiger partial charge in [0.05, 0.1) is 17.5 Å². The first kappa shape index (κ1) is 18.6. The molecule has 0 bridgehead atoms. The third kappa shape index (κ3) is 3.08. The minimum Gasteiger partial charge on any atom is -0.354 e. The summed E-state index contributed by atoms with van der Waals surface area (Å²) >= 11 is 0. The molecule has 6 rings (SSSR count). The molecule has 1 aromatic heterocycles. The number of carbonyl (C=O) groups is 2. The molecule has 0 saturated heterocycles. The molecule has 3 aromatic carbocycles. The average molecular weight is 420 g/mol. The number of hydrogen-bond donors (Lipinski definition) is 3. The van der Waals surface area contributed by atoms with E-state index in [1.165, 1.54) is 5.56 Å². The van der Waals surface area contributed by atoms with Crippen molar-refractivity contribution in [3.8, 4) is 11.3 Å². The summed E-state index contributed by atoms with van der Waals surface area (Å²) < 4.78 is 0. The Morgan fingerprint density at radius 3 is 2.53 bits per heavy atom. The van der Waals surface area contributed by atoms with Crippen molar-refractivity contribution in [2.45, 2.75) is 18.4 Å². The van der Waals surface area contributed by atoms with Gasteiger partial charge in [-0.1, -0.05) is 60.7 Å². The molecule has 2 unspecified atom stereocenters. The van der Waals surface area contributed by atoms with Gasteiger partial charge in [0.1, 0.15) is 0 Å². The van der Waals surface area contributed by atoms with E-state index in [0.29, 0.717) is 17.0 Å². The van der Waals surface area contributed by atoms with E-state index < -0.39 is 0 Å². The number of hydrazone groups is 1. The zero-order chi connectivity index (χ0) is 21.7. The van der Waals surface area contributed by atoms with Gasteiger partial charge < -0.3 is 10.3 Å². The molecule has 3 N–H and O–H groups in total. The summed E-state index contributed by atoms with van der Waals surface area (Å²) in [6.07, 6.45) is 2.58. The van der Waals surface area contributed by atoms with Gasteiger partial charge >= 0.3 is 0 Å². The lowest BCUT2D eigenvalue weighted by atomic mass is 10.00. The molecule has 0 spiro atoms. The number of aromatic nitrogens is 1. The molecular formula is C26H20N4O2. The van der Waals surface area contributed by atoms with Gasteiger partial charge in [0.2, 0.25) is 0 Å². The molecule has 6 heteroatoms. The molecule has 156 valence electrons. The second-order valence-electron chi connectivity index (χ2n) is 8.26. The summed E-state index contributed by atoms with van der Waals surface area (Å²) in [7, 11) is 0. The van der Waals surface area contributed by atoms with Gasteiger partial charge in [0, 0.05) is 34.0 Å². The number of amides is 2. The molecule has 0 radical (unpaired) electrons. The van der Waals surface area contributed by atoms with E-state index >= 15 is 0 Å². The van der Waals surface area contributed by atoms with Gasteiger partial charge in [-0.25, -0.2) is 5.43 Å². The lowest BCUT2D eigenvalue weighted by molar-refractivity contribution is 0.0950. The Bertz CT molecular complexity index is 1390. The number of H-pyrrole nitrogens is 1. The molecule has 2 amide bonds. The Labute approximate surface area is 184 Å². The molecule has 4 aromatic rings. The quantitative estimate of drug-likeness (QED) is 0.462. The van der Waals surface area contributed by atoms with Crippen molar-refractivity contribution in [1.29, 1.82) is 0 Å². The summed E-state index contributed by atoms with van der Waals surface area (Å²) in [5.74, 6) is -0.169. The summed E-state index contributed by atoms with van der Waals surface area (Å²) in [4.78, 5) is 29.2. The van der Waals surface area contributed by atoms with Gasteiger partial charge in [-0.05, 0) is 29.7 Å². The standard InChI is InChI=1S/C26H20N4O2/c31-25(29-21-13-18(21)15-7-3-1-4-8-15)17-11-19-23-20(14-27-30-26(19)32)24(28-22(23)12-17)16-9-5-2-6-10-16/h1-12,14,18,21,28H,13H2,(H,29,31)(H,30,32). The maximum atomic E-state index is 13.1. The van der Waals surface area contributed by atoms with Crippen LogP contribution in [0.25, 0.3) is 22.2 Å². The van der Waals surface area contributed by atoms with Crippen LogP contribution >= 0.6 is 0 Å². The number of aromatic amines is 1. The zero-order valence-electron chi connectivity index (χ0n) is 17.1. The molecular weight excluding hydrogens is 400 g/mol. The fourth-order valence-corrected chi connectivity index (χ4v) is 4.52. The number of nitrogens with zero attached hydrogens (tertiary/aromatic N) is 1. The molecule has 2 aliphatic rings. The number of nitrogens with one attached hydrogen (secondary N) is 3. The van der Waals surface area contributed by atoms with E-state index in [0.717, 1.165) is 34.1 Å². The highest BCUT2D eigenvalue weighted by Crippen LogP contribution is 2.41. The summed E-state index contributed by atoms with van der Waals surface area (Å²) in [5.41, 5.74) is 8.10. The topological polar surface area (TPSA) is 86.3 Å². The van der Waals surface area contributed by atoms with E-state index in [2.05, 4.69) is 33.0 Å². The lowest BCUT2D eigenvalue weighted by Crippen LogP contribution is -2.27. The molecule has 6 nitrogen and oxygen atoms in total. The van der Waals surface area contributed by atoms with E-state index in [4.69, 9.17) is 0 Å². The van der Waals surface area contributed by atoms with Gasteiger partial charge in [-0.3, -0.25) is 9.59 Å².